The van der Waals surface area contributed by atoms with Crippen molar-refractivity contribution in [2.75, 3.05) is 14.2 Å². The first-order valence-electron chi connectivity index (χ1n) is 7.84. The molecule has 0 spiro atoms. The smallest absolute Gasteiger partial charge is 0.293 e. The summed E-state index contributed by atoms with van der Waals surface area (Å²) in [4.78, 5) is 26.5. The molecule has 1 saturated heterocycles. The highest BCUT2D eigenvalue weighted by molar-refractivity contribution is 9.10. The van der Waals surface area contributed by atoms with Crippen LogP contribution >= 0.6 is 39.3 Å². The Morgan fingerprint density at radius 1 is 1.11 bits per heavy atom. The maximum absolute atomic E-state index is 12.7. The zero-order chi connectivity index (χ0) is 19.6. The van der Waals surface area contributed by atoms with E-state index < -0.39 is 0 Å². The van der Waals surface area contributed by atoms with Crippen LogP contribution < -0.4 is 9.47 Å². The second-order valence-electron chi connectivity index (χ2n) is 5.62. The van der Waals surface area contributed by atoms with Crippen molar-refractivity contribution in [3.05, 3.63) is 61.9 Å². The van der Waals surface area contributed by atoms with E-state index in [1.807, 2.05) is 24.3 Å². The number of carbonyl (C=O) groups excluding carboxylic acids is 2. The van der Waals surface area contributed by atoms with Crippen LogP contribution in [0.15, 0.2) is 45.8 Å². The highest BCUT2D eigenvalue weighted by atomic mass is 79.9. The van der Waals surface area contributed by atoms with Crippen LogP contribution in [-0.2, 0) is 11.3 Å². The predicted octanol–water partition coefficient (Wildman–Crippen LogP) is 5.36. The second kappa shape index (κ2) is 8.37. The molecule has 2 amide bonds. The SMILES string of the molecule is COc1cc(Cl)c(/C=C2/SC(=O)N(Cc3ccc(Br)cc3)C2=O)cc1OC. The van der Waals surface area contributed by atoms with E-state index in [0.717, 1.165) is 21.8 Å². The maximum atomic E-state index is 12.7. The normalized spacial score (nSPS) is 15.6. The largest absolute Gasteiger partial charge is 0.493 e. The van der Waals surface area contributed by atoms with Crippen LogP contribution in [0.2, 0.25) is 5.02 Å². The average molecular weight is 469 g/mol. The Hall–Kier alpha value is -1.96. The zero-order valence-corrected chi connectivity index (χ0v) is 17.7. The predicted molar refractivity (Wildman–Crippen MR) is 110 cm³/mol. The molecule has 2 aromatic rings. The summed E-state index contributed by atoms with van der Waals surface area (Å²) in [6.45, 7) is 0.217. The van der Waals surface area contributed by atoms with E-state index in [1.54, 1.807) is 18.2 Å². The van der Waals surface area contributed by atoms with E-state index in [1.165, 1.54) is 19.1 Å². The van der Waals surface area contributed by atoms with Crippen molar-refractivity contribution in [2.45, 2.75) is 6.54 Å². The van der Waals surface area contributed by atoms with Crippen LogP contribution in [0.1, 0.15) is 11.1 Å². The van der Waals surface area contributed by atoms with Gasteiger partial charge in [0.25, 0.3) is 11.1 Å². The number of thioether (sulfide) groups is 1. The monoisotopic (exact) mass is 467 g/mol. The summed E-state index contributed by atoms with van der Waals surface area (Å²) in [6, 6.07) is 10.7. The second-order valence-corrected chi connectivity index (χ2v) is 7.94. The van der Waals surface area contributed by atoms with E-state index in [0.29, 0.717) is 27.0 Å². The molecule has 27 heavy (non-hydrogen) atoms. The summed E-state index contributed by atoms with van der Waals surface area (Å²) < 4.78 is 11.4. The van der Waals surface area contributed by atoms with Crippen LogP contribution in [0.25, 0.3) is 6.08 Å². The Bertz CT molecular complexity index is 930. The molecule has 3 rings (SSSR count). The number of rotatable bonds is 5. The molecule has 0 aliphatic carbocycles. The van der Waals surface area contributed by atoms with Crippen molar-refractivity contribution in [2.24, 2.45) is 0 Å². The molecule has 0 unspecified atom stereocenters. The number of amides is 2. The number of ether oxygens (including phenoxy) is 2. The van der Waals surface area contributed by atoms with Gasteiger partial charge in [-0.1, -0.05) is 39.7 Å². The van der Waals surface area contributed by atoms with Crippen molar-refractivity contribution in [3.63, 3.8) is 0 Å². The molecule has 2 aromatic carbocycles. The van der Waals surface area contributed by atoms with Gasteiger partial charge in [0.1, 0.15) is 0 Å². The summed E-state index contributed by atoms with van der Waals surface area (Å²) in [7, 11) is 3.03. The number of carbonyl (C=O) groups is 2. The number of methoxy groups -OCH3 is 2. The van der Waals surface area contributed by atoms with Gasteiger partial charge >= 0.3 is 0 Å². The fraction of sp³-hybridized carbons (Fsp3) is 0.158. The zero-order valence-electron chi connectivity index (χ0n) is 14.5. The average Bonchev–Trinajstić information content (AvgIpc) is 2.92. The Morgan fingerprint density at radius 3 is 2.37 bits per heavy atom. The highest BCUT2D eigenvalue weighted by Crippen LogP contribution is 2.38. The van der Waals surface area contributed by atoms with Gasteiger partial charge < -0.3 is 9.47 Å². The molecular formula is C19H15BrClNO4S. The standard InChI is InChI=1S/C19H15BrClNO4S/c1-25-15-7-12(14(21)9-16(15)26-2)8-17-18(23)22(19(24)27-17)10-11-3-5-13(20)6-4-11/h3-9H,10H2,1-2H3/b17-8+. The molecule has 0 radical (unpaired) electrons. The number of hydrogen-bond acceptors (Lipinski definition) is 5. The molecule has 0 saturated carbocycles. The third-order valence-electron chi connectivity index (χ3n) is 3.92. The van der Waals surface area contributed by atoms with E-state index in [9.17, 15) is 9.59 Å². The lowest BCUT2D eigenvalue weighted by Gasteiger charge is -2.12. The molecule has 140 valence electrons. The molecule has 1 aliphatic rings. The van der Waals surface area contributed by atoms with Gasteiger partial charge in [0.15, 0.2) is 11.5 Å². The topological polar surface area (TPSA) is 55.8 Å². The minimum absolute atomic E-state index is 0.217. The summed E-state index contributed by atoms with van der Waals surface area (Å²) in [5.41, 5.74) is 1.44. The third kappa shape index (κ3) is 4.31. The molecule has 0 atom stereocenters. The number of halogens is 2. The lowest BCUT2D eigenvalue weighted by Crippen LogP contribution is -2.27. The number of nitrogens with zero attached hydrogens (tertiary/aromatic N) is 1. The maximum Gasteiger partial charge on any atom is 0.293 e. The molecule has 0 aromatic heterocycles. The molecule has 1 fully saturated rings. The Morgan fingerprint density at radius 2 is 1.74 bits per heavy atom. The fourth-order valence-corrected chi connectivity index (χ4v) is 3.83. The van der Waals surface area contributed by atoms with Crippen LogP contribution in [0, 0.1) is 0 Å². The molecular weight excluding hydrogens is 454 g/mol. The van der Waals surface area contributed by atoms with Crippen molar-refractivity contribution in [1.29, 1.82) is 0 Å². The van der Waals surface area contributed by atoms with Crippen LogP contribution in [0.4, 0.5) is 4.79 Å². The van der Waals surface area contributed by atoms with E-state index in [-0.39, 0.29) is 17.7 Å². The van der Waals surface area contributed by atoms with Crippen LogP contribution in [0.3, 0.4) is 0 Å². The van der Waals surface area contributed by atoms with Crippen molar-refractivity contribution < 1.29 is 19.1 Å². The fourth-order valence-electron chi connectivity index (χ4n) is 2.53. The van der Waals surface area contributed by atoms with Crippen LogP contribution in [0.5, 0.6) is 11.5 Å². The Kier molecular flexibility index (Phi) is 6.14. The Labute approximate surface area is 174 Å². The van der Waals surface area contributed by atoms with Crippen LogP contribution in [-0.4, -0.2) is 30.3 Å². The van der Waals surface area contributed by atoms with Gasteiger partial charge in [0.2, 0.25) is 0 Å². The van der Waals surface area contributed by atoms with Gasteiger partial charge in [-0.15, -0.1) is 0 Å². The number of imide groups is 1. The summed E-state index contributed by atoms with van der Waals surface area (Å²) in [5.74, 6) is 0.629. The molecule has 0 N–H and O–H groups in total. The molecule has 1 aliphatic heterocycles. The highest BCUT2D eigenvalue weighted by Gasteiger charge is 2.35. The molecule has 0 bridgehead atoms. The minimum atomic E-state index is -0.348. The van der Waals surface area contributed by atoms with Gasteiger partial charge in [-0.05, 0) is 47.2 Å². The van der Waals surface area contributed by atoms with Gasteiger partial charge in [-0.3, -0.25) is 14.5 Å². The first kappa shape index (κ1) is 19.8. The minimum Gasteiger partial charge on any atom is -0.493 e. The Balaban J connectivity index is 1.87. The quantitative estimate of drug-likeness (QED) is 0.553. The lowest BCUT2D eigenvalue weighted by atomic mass is 10.1. The number of hydrogen-bond donors (Lipinski definition) is 0. The summed E-state index contributed by atoms with van der Waals surface area (Å²) in [6.07, 6.45) is 1.59. The van der Waals surface area contributed by atoms with Gasteiger partial charge in [0.05, 0.1) is 30.7 Å². The van der Waals surface area contributed by atoms with E-state index in [4.69, 9.17) is 21.1 Å². The third-order valence-corrected chi connectivity index (χ3v) is 5.68. The van der Waals surface area contributed by atoms with Crippen molar-refractivity contribution in [1.82, 2.24) is 4.90 Å². The summed E-state index contributed by atoms with van der Waals surface area (Å²) in [5, 5.41) is 0.0816. The summed E-state index contributed by atoms with van der Waals surface area (Å²) >= 11 is 10.5. The van der Waals surface area contributed by atoms with Gasteiger partial charge in [-0.2, -0.15) is 0 Å². The number of benzene rings is 2. The first-order valence-corrected chi connectivity index (χ1v) is 9.83. The van der Waals surface area contributed by atoms with E-state index >= 15 is 0 Å². The molecule has 8 heteroatoms. The lowest BCUT2D eigenvalue weighted by molar-refractivity contribution is -0.123. The van der Waals surface area contributed by atoms with Crippen molar-refractivity contribution >= 4 is 56.5 Å². The molecule has 5 nitrogen and oxygen atoms in total. The van der Waals surface area contributed by atoms with E-state index in [2.05, 4.69) is 15.9 Å². The first-order chi connectivity index (χ1) is 12.9. The molecule has 1 heterocycles. The van der Waals surface area contributed by atoms with Crippen molar-refractivity contribution in [3.8, 4) is 11.5 Å². The van der Waals surface area contributed by atoms with Gasteiger partial charge in [0, 0.05) is 10.5 Å². The van der Waals surface area contributed by atoms with Gasteiger partial charge in [-0.25, -0.2) is 0 Å².